The molecule has 2 aromatic heterocycles. The second-order valence-electron chi connectivity index (χ2n) is 25.6. The quantitative estimate of drug-likeness (QED) is 0.0191. The van der Waals surface area contributed by atoms with Crippen LogP contribution in [0.2, 0.25) is 0 Å². The highest BCUT2D eigenvalue weighted by molar-refractivity contribution is 6.02. The van der Waals surface area contributed by atoms with Crippen molar-refractivity contribution >= 4 is 93.7 Å². The number of hydrogen-bond acceptors (Lipinski definition) is 18. The van der Waals surface area contributed by atoms with Crippen LogP contribution in [0.1, 0.15) is 80.3 Å². The molecule has 4 aromatic carbocycles. The highest BCUT2D eigenvalue weighted by Crippen LogP contribution is 2.26. The molecule has 2 fully saturated rings. The smallest absolute Gasteiger partial charge is 0.350 e. The molecule has 11 atom stereocenters. The van der Waals surface area contributed by atoms with Gasteiger partial charge < -0.3 is 101 Å². The lowest BCUT2D eigenvalue weighted by molar-refractivity contribution is -0.168. The van der Waals surface area contributed by atoms with Crippen LogP contribution < -0.4 is 70.8 Å². The number of hydrogen-bond donors (Lipinski definition) is 19. The number of imidazole rings is 1. The number of benzene rings is 4. The van der Waals surface area contributed by atoms with E-state index in [9.17, 15) is 58.5 Å². The first-order chi connectivity index (χ1) is 49.5. The van der Waals surface area contributed by atoms with Gasteiger partial charge in [0.15, 0.2) is 5.96 Å². The maximum atomic E-state index is 15.8. The number of para-hydroxylation sites is 1. The number of aliphatic carboxylic acids is 1. The molecule has 0 aliphatic carbocycles. The SMILES string of the molecule is C[C@@H]1NC(=O)[C@H](CC(N)=O)NC(=O)[C@H](Cc2c[nH]c3ccccc23)NC(=O)[C@H](CCCNC(=N)N)NC(=O)[C@@H]2CCCN2C(=O)[C@H](Cc2cnc[nH]2)NC(=O)[C@@H](NC(=O)[C@@H](N)Cc2ccc(O)cc2)CC(=O)N([C@@H](Cc2ccc(O)cc2)C(N)=O)C(C)(C(=O)O)NC(=O)[C@H](Cc2ccccc2)NC1=O. The summed E-state index contributed by atoms with van der Waals surface area (Å²) in [6.45, 7) is 1.81. The molecule has 4 heterocycles. The Balaban J connectivity index is 1.27. The van der Waals surface area contributed by atoms with Crippen LogP contribution >= 0.6 is 0 Å². The van der Waals surface area contributed by atoms with Crippen molar-refractivity contribution in [3.63, 3.8) is 0 Å². The zero-order valence-corrected chi connectivity index (χ0v) is 56.8. The first-order valence-corrected chi connectivity index (χ1v) is 33.3. The van der Waals surface area contributed by atoms with E-state index in [4.69, 9.17) is 28.3 Å². The molecule has 2 aliphatic heterocycles. The molecule has 35 nitrogen and oxygen atoms in total. The Bertz CT molecular complexity index is 4140. The van der Waals surface area contributed by atoms with Crippen molar-refractivity contribution in [3.8, 4) is 11.5 Å². The Morgan fingerprint density at radius 3 is 1.90 bits per heavy atom. The number of phenols is 2. The zero-order valence-electron chi connectivity index (χ0n) is 56.8. The Morgan fingerprint density at radius 2 is 1.27 bits per heavy atom. The summed E-state index contributed by atoms with van der Waals surface area (Å²) in [6, 6.07) is 7.73. The van der Waals surface area contributed by atoms with Gasteiger partial charge in [0, 0.05) is 67.8 Å². The van der Waals surface area contributed by atoms with Gasteiger partial charge in [-0.3, -0.25) is 67.8 Å². The summed E-state index contributed by atoms with van der Waals surface area (Å²) < 4.78 is 0. The van der Waals surface area contributed by atoms with Gasteiger partial charge in [-0.25, -0.2) is 9.78 Å². The third-order valence-corrected chi connectivity index (χ3v) is 17.8. The number of nitrogens with one attached hydrogen (secondary N) is 12. The summed E-state index contributed by atoms with van der Waals surface area (Å²) in [5, 5.41) is 62.8. The average Bonchev–Trinajstić information content (AvgIpc) is 0.949. The number of carboxylic acid groups (broad SMARTS) is 1. The molecular weight excluding hydrogens is 1350 g/mol. The number of aromatic amines is 2. The van der Waals surface area contributed by atoms with Crippen molar-refractivity contribution in [1.82, 2.24) is 72.6 Å². The third kappa shape index (κ3) is 20.6. The minimum atomic E-state index is -3.17. The molecule has 0 radical (unpaired) electrons. The molecule has 104 heavy (non-hydrogen) atoms. The Kier molecular flexibility index (Phi) is 26.2. The number of aromatic hydroxyl groups is 2. The molecular formula is C69H85N19O16. The summed E-state index contributed by atoms with van der Waals surface area (Å²) in [6.07, 6.45) is -0.176. The predicted molar refractivity (Wildman–Crippen MR) is 372 cm³/mol. The van der Waals surface area contributed by atoms with Crippen LogP contribution in [0, 0.1) is 5.41 Å². The third-order valence-electron chi connectivity index (χ3n) is 17.8. The molecule has 0 bridgehead atoms. The second-order valence-corrected chi connectivity index (χ2v) is 25.6. The van der Waals surface area contributed by atoms with Crippen LogP contribution in [0.4, 0.5) is 0 Å². The number of carbonyl (C=O) groups excluding carboxylic acids is 12. The van der Waals surface area contributed by atoms with E-state index >= 15 is 19.2 Å². The maximum absolute atomic E-state index is 15.8. The van der Waals surface area contributed by atoms with E-state index in [1.807, 2.05) is 0 Å². The number of aromatic nitrogens is 3. The average molecular weight is 1440 g/mol. The number of carbonyl (C=O) groups is 13. The van der Waals surface area contributed by atoms with Gasteiger partial charge in [0.25, 0.3) is 0 Å². The molecule has 12 amide bonds. The normalized spacial score (nSPS) is 22.9. The van der Waals surface area contributed by atoms with E-state index < -0.39 is 181 Å². The lowest BCUT2D eigenvalue weighted by atomic mass is 9.97. The van der Waals surface area contributed by atoms with Crippen LogP contribution in [0.5, 0.6) is 11.5 Å². The summed E-state index contributed by atoms with van der Waals surface area (Å²) in [7, 11) is 0. The summed E-state index contributed by atoms with van der Waals surface area (Å²) in [4.78, 5) is 203. The van der Waals surface area contributed by atoms with Crippen molar-refractivity contribution in [1.29, 1.82) is 5.41 Å². The minimum Gasteiger partial charge on any atom is -0.508 e. The number of carboxylic acids is 1. The monoisotopic (exact) mass is 1440 g/mol. The molecule has 35 heteroatoms. The Hall–Kier alpha value is -12.4. The largest absolute Gasteiger partial charge is 0.508 e. The molecule has 2 saturated heterocycles. The van der Waals surface area contributed by atoms with Gasteiger partial charge in [-0.1, -0.05) is 72.8 Å². The number of H-pyrrole nitrogens is 2. The maximum Gasteiger partial charge on any atom is 0.350 e. The van der Waals surface area contributed by atoms with E-state index in [0.29, 0.717) is 32.5 Å². The number of primary amides is 2. The molecule has 6 aromatic rings. The molecule has 0 saturated carbocycles. The van der Waals surface area contributed by atoms with Crippen molar-refractivity contribution in [2.24, 2.45) is 22.9 Å². The predicted octanol–water partition coefficient (Wildman–Crippen LogP) is -3.31. The molecule has 23 N–H and O–H groups in total. The van der Waals surface area contributed by atoms with Gasteiger partial charge in [-0.2, -0.15) is 0 Å². The lowest BCUT2D eigenvalue weighted by Crippen LogP contribution is -2.72. The molecule has 552 valence electrons. The molecule has 1 unspecified atom stereocenters. The van der Waals surface area contributed by atoms with E-state index in [1.54, 1.807) is 60.8 Å². The highest BCUT2D eigenvalue weighted by Gasteiger charge is 2.51. The van der Waals surface area contributed by atoms with Gasteiger partial charge in [-0.05, 0) is 98.5 Å². The van der Waals surface area contributed by atoms with Gasteiger partial charge in [-0.15, -0.1) is 0 Å². The van der Waals surface area contributed by atoms with Crippen LogP contribution in [-0.4, -0.2) is 202 Å². The van der Waals surface area contributed by atoms with Gasteiger partial charge in [0.1, 0.15) is 65.9 Å². The Labute approximate surface area is 595 Å². The van der Waals surface area contributed by atoms with Crippen molar-refractivity contribution in [3.05, 3.63) is 150 Å². The van der Waals surface area contributed by atoms with Crippen molar-refractivity contribution in [2.75, 3.05) is 13.1 Å². The first-order valence-electron chi connectivity index (χ1n) is 33.3. The van der Waals surface area contributed by atoms with Crippen LogP contribution in [-0.2, 0) is 94.4 Å². The molecule has 2 aliphatic rings. The number of nitrogens with zero attached hydrogens (tertiary/aromatic N) is 3. The topological polar surface area (TPSA) is 570 Å². The Morgan fingerprint density at radius 1 is 0.673 bits per heavy atom. The summed E-state index contributed by atoms with van der Waals surface area (Å²) >= 11 is 0. The van der Waals surface area contributed by atoms with Crippen LogP contribution in [0.3, 0.4) is 0 Å². The van der Waals surface area contributed by atoms with Gasteiger partial charge in [0.2, 0.25) is 76.5 Å². The summed E-state index contributed by atoms with van der Waals surface area (Å²) in [5.41, 5.74) is 22.9. The van der Waals surface area contributed by atoms with Crippen molar-refractivity contribution in [2.45, 2.75) is 151 Å². The highest BCUT2D eigenvalue weighted by atomic mass is 16.4. The number of nitrogens with two attached hydrogens (primary N) is 4. The van der Waals surface area contributed by atoms with Gasteiger partial charge in [0.05, 0.1) is 25.2 Å². The standard InChI is InChI=1S/C69H85N19O16/c1-36-58(94)81-48(27-37-10-4-3-5-11-37)64(100)86-69(2,67(103)104)88(54(57(72)93)28-39-18-22-43(90)23-19-39)56(92)32-51(82-59(95)45(70)26-38-16-20-42(89)21-17-38)63(99)85-52(30-41-34-75-35-78-41)66(102)87-25-9-15-53(87)65(101)80-47(14-8-24-76-68(73)74)60(96)83-49(29-40-33-77-46-13-7-6-12-44(40)46)62(98)84-50(31-55(71)91)61(97)79-36/h3-7,10-13,16-23,33-36,45,47-54,77,89-90H,8-9,14-15,24-32,70H2,1-2H3,(H2,71,91)(H2,72,93)(H,75,78)(H,79,97)(H,80,101)(H,81,94)(H,82,95)(H,83,96)(H,84,98)(H,85,99)(H,86,100)(H,103,104)(H4,73,74,76)/t36-,45-,47-,48-,49-,50-,51-,52-,53-,54-,69?/m0/s1. The first kappa shape index (κ1) is 77.3. The molecule has 0 spiro atoms. The van der Waals surface area contributed by atoms with Crippen LogP contribution in [0.15, 0.2) is 122 Å². The van der Waals surface area contributed by atoms with Crippen LogP contribution in [0.25, 0.3) is 10.9 Å². The summed E-state index contributed by atoms with van der Waals surface area (Å²) in [5.74, 6) is -16.9. The minimum absolute atomic E-state index is 0.00166. The molecule has 8 rings (SSSR count). The number of phenolic OH excluding ortho intramolecular Hbond substituents is 2. The number of guanidine groups is 1. The lowest BCUT2D eigenvalue weighted by Gasteiger charge is -2.43. The van der Waals surface area contributed by atoms with E-state index in [1.165, 1.54) is 61.1 Å². The van der Waals surface area contributed by atoms with E-state index in [2.05, 4.69) is 62.8 Å². The van der Waals surface area contributed by atoms with Crippen molar-refractivity contribution < 1.29 is 77.6 Å². The fraction of sp³-hybridized carbons (Fsp3) is 0.377. The second kappa shape index (κ2) is 35.3. The number of amides is 12. The van der Waals surface area contributed by atoms with Gasteiger partial charge >= 0.3 is 5.97 Å². The number of rotatable bonds is 21. The zero-order chi connectivity index (χ0) is 75.5. The van der Waals surface area contributed by atoms with E-state index in [0.717, 1.165) is 18.7 Å². The fourth-order valence-corrected chi connectivity index (χ4v) is 12.3. The van der Waals surface area contributed by atoms with E-state index in [-0.39, 0.29) is 74.4 Å². The number of fused-ring (bicyclic) bond motifs is 2. The fourth-order valence-electron chi connectivity index (χ4n) is 12.3.